The van der Waals surface area contributed by atoms with Crippen LogP contribution in [-0.4, -0.2) is 20.1 Å². The number of nitrogens with one attached hydrogen (secondary N) is 1. The fourth-order valence-electron chi connectivity index (χ4n) is 2.77. The number of amides is 1. The first-order chi connectivity index (χ1) is 12.1. The minimum atomic E-state index is -0.143. The summed E-state index contributed by atoms with van der Waals surface area (Å²) in [6.07, 6.45) is 0.258. The van der Waals surface area contributed by atoms with Gasteiger partial charge in [0.1, 0.15) is 11.5 Å². The third kappa shape index (κ3) is 3.69. The molecule has 0 bridgehead atoms. The van der Waals surface area contributed by atoms with Crippen molar-refractivity contribution in [3.8, 4) is 11.5 Å². The molecule has 25 heavy (non-hydrogen) atoms. The zero-order valence-corrected chi connectivity index (χ0v) is 14.8. The van der Waals surface area contributed by atoms with Crippen LogP contribution in [0.4, 0.5) is 5.69 Å². The van der Waals surface area contributed by atoms with E-state index in [0.717, 1.165) is 16.3 Å². The molecular formula is C20H18ClNO3. The summed E-state index contributed by atoms with van der Waals surface area (Å²) in [6.45, 7) is 0. The summed E-state index contributed by atoms with van der Waals surface area (Å²) < 4.78 is 10.5. The highest BCUT2D eigenvalue weighted by molar-refractivity contribution is 6.32. The Morgan fingerprint density at radius 1 is 1.00 bits per heavy atom. The van der Waals surface area contributed by atoms with Crippen LogP contribution in [-0.2, 0) is 11.2 Å². The predicted octanol–water partition coefficient (Wildman–Crippen LogP) is 4.69. The molecule has 1 amide bonds. The van der Waals surface area contributed by atoms with Gasteiger partial charge in [-0.3, -0.25) is 4.79 Å². The molecule has 3 aromatic rings. The van der Waals surface area contributed by atoms with Gasteiger partial charge in [-0.2, -0.15) is 0 Å². The van der Waals surface area contributed by atoms with Gasteiger partial charge in [-0.15, -0.1) is 0 Å². The summed E-state index contributed by atoms with van der Waals surface area (Å²) in [5, 5.41) is 5.45. The van der Waals surface area contributed by atoms with E-state index in [4.69, 9.17) is 21.1 Å². The summed E-state index contributed by atoms with van der Waals surface area (Å²) in [6, 6.07) is 17.2. The standard InChI is InChI=1S/C20H18ClNO3/c1-24-18-12-19(25-2)17(11-16(18)21)22-20(23)10-14-8-5-7-13-6-3-4-9-15(13)14/h3-9,11-12H,10H2,1-2H3,(H,22,23). The van der Waals surface area contributed by atoms with Crippen LogP contribution in [0.3, 0.4) is 0 Å². The van der Waals surface area contributed by atoms with E-state index in [2.05, 4.69) is 5.32 Å². The maximum absolute atomic E-state index is 12.5. The lowest BCUT2D eigenvalue weighted by Gasteiger charge is -2.13. The van der Waals surface area contributed by atoms with Crippen molar-refractivity contribution in [2.24, 2.45) is 0 Å². The Bertz CT molecular complexity index is 919. The van der Waals surface area contributed by atoms with Gasteiger partial charge in [0.25, 0.3) is 0 Å². The lowest BCUT2D eigenvalue weighted by Crippen LogP contribution is -2.15. The molecule has 3 aromatic carbocycles. The van der Waals surface area contributed by atoms with Crippen molar-refractivity contribution in [3.63, 3.8) is 0 Å². The Morgan fingerprint density at radius 3 is 2.48 bits per heavy atom. The number of benzene rings is 3. The third-order valence-corrected chi connectivity index (χ3v) is 4.27. The fourth-order valence-corrected chi connectivity index (χ4v) is 3.01. The molecule has 0 aromatic heterocycles. The van der Waals surface area contributed by atoms with E-state index in [1.807, 2.05) is 42.5 Å². The van der Waals surface area contributed by atoms with E-state index < -0.39 is 0 Å². The van der Waals surface area contributed by atoms with Crippen molar-refractivity contribution in [3.05, 3.63) is 65.2 Å². The van der Waals surface area contributed by atoms with Crippen molar-refractivity contribution in [2.75, 3.05) is 19.5 Å². The van der Waals surface area contributed by atoms with E-state index in [9.17, 15) is 4.79 Å². The highest BCUT2D eigenvalue weighted by Crippen LogP contribution is 2.36. The number of hydrogen-bond acceptors (Lipinski definition) is 3. The molecular weight excluding hydrogens is 338 g/mol. The first-order valence-electron chi connectivity index (χ1n) is 7.80. The quantitative estimate of drug-likeness (QED) is 0.722. The molecule has 0 saturated carbocycles. The lowest BCUT2D eigenvalue weighted by atomic mass is 10.0. The van der Waals surface area contributed by atoms with E-state index in [1.165, 1.54) is 14.2 Å². The van der Waals surface area contributed by atoms with Gasteiger partial charge in [-0.25, -0.2) is 0 Å². The fraction of sp³-hybridized carbons (Fsp3) is 0.150. The molecule has 3 rings (SSSR count). The number of methoxy groups -OCH3 is 2. The van der Waals surface area contributed by atoms with Crippen molar-refractivity contribution in [2.45, 2.75) is 6.42 Å². The summed E-state index contributed by atoms with van der Waals surface area (Å²) in [4.78, 5) is 12.5. The second kappa shape index (κ2) is 7.45. The molecule has 0 aliphatic rings. The number of ether oxygens (including phenoxy) is 2. The minimum Gasteiger partial charge on any atom is -0.495 e. The number of rotatable bonds is 5. The van der Waals surface area contributed by atoms with Crippen molar-refractivity contribution in [1.29, 1.82) is 0 Å². The van der Waals surface area contributed by atoms with Gasteiger partial charge >= 0.3 is 0 Å². The molecule has 0 heterocycles. The van der Waals surface area contributed by atoms with Crippen LogP contribution < -0.4 is 14.8 Å². The molecule has 0 aliphatic carbocycles. The number of hydrogen-bond donors (Lipinski definition) is 1. The van der Waals surface area contributed by atoms with Crippen LogP contribution in [0, 0.1) is 0 Å². The van der Waals surface area contributed by atoms with Gasteiger partial charge in [0.05, 0.1) is 31.4 Å². The van der Waals surface area contributed by atoms with E-state index in [0.29, 0.717) is 22.2 Å². The number of anilines is 1. The van der Waals surface area contributed by atoms with E-state index in [-0.39, 0.29) is 12.3 Å². The molecule has 0 fully saturated rings. The second-order valence-electron chi connectivity index (χ2n) is 5.55. The monoisotopic (exact) mass is 355 g/mol. The molecule has 5 heteroatoms. The maximum Gasteiger partial charge on any atom is 0.228 e. The van der Waals surface area contributed by atoms with Crippen LogP contribution >= 0.6 is 11.6 Å². The Labute approximate surface area is 151 Å². The third-order valence-electron chi connectivity index (χ3n) is 3.98. The number of carbonyl (C=O) groups is 1. The molecule has 0 atom stereocenters. The summed E-state index contributed by atoms with van der Waals surface area (Å²) in [5.74, 6) is 0.842. The van der Waals surface area contributed by atoms with Gasteiger partial charge in [0, 0.05) is 6.07 Å². The van der Waals surface area contributed by atoms with Crippen LogP contribution in [0.1, 0.15) is 5.56 Å². The molecule has 0 radical (unpaired) electrons. The smallest absolute Gasteiger partial charge is 0.228 e. The summed E-state index contributed by atoms with van der Waals surface area (Å²) in [5.41, 5.74) is 1.48. The van der Waals surface area contributed by atoms with Crippen LogP contribution in [0.5, 0.6) is 11.5 Å². The first kappa shape index (κ1) is 17.1. The van der Waals surface area contributed by atoms with Gasteiger partial charge < -0.3 is 14.8 Å². The van der Waals surface area contributed by atoms with Crippen molar-refractivity contribution in [1.82, 2.24) is 0 Å². The molecule has 4 nitrogen and oxygen atoms in total. The zero-order valence-electron chi connectivity index (χ0n) is 14.0. The Balaban J connectivity index is 1.84. The Morgan fingerprint density at radius 2 is 1.72 bits per heavy atom. The van der Waals surface area contributed by atoms with E-state index in [1.54, 1.807) is 12.1 Å². The summed E-state index contributed by atoms with van der Waals surface area (Å²) >= 11 is 6.15. The molecule has 128 valence electrons. The first-order valence-corrected chi connectivity index (χ1v) is 8.18. The second-order valence-corrected chi connectivity index (χ2v) is 5.96. The van der Waals surface area contributed by atoms with Gasteiger partial charge in [0.15, 0.2) is 0 Å². The Hall–Kier alpha value is -2.72. The largest absolute Gasteiger partial charge is 0.495 e. The predicted molar refractivity (Wildman–Crippen MR) is 101 cm³/mol. The Kier molecular flexibility index (Phi) is 5.10. The van der Waals surface area contributed by atoms with Crippen LogP contribution in [0.25, 0.3) is 10.8 Å². The van der Waals surface area contributed by atoms with Gasteiger partial charge in [0.2, 0.25) is 5.91 Å². The molecule has 1 N–H and O–H groups in total. The summed E-state index contributed by atoms with van der Waals surface area (Å²) in [7, 11) is 3.06. The van der Waals surface area contributed by atoms with Crippen LogP contribution in [0.2, 0.25) is 5.02 Å². The topological polar surface area (TPSA) is 47.6 Å². The highest BCUT2D eigenvalue weighted by atomic mass is 35.5. The average Bonchev–Trinajstić information content (AvgIpc) is 2.62. The molecule has 0 unspecified atom stereocenters. The van der Waals surface area contributed by atoms with Crippen molar-refractivity contribution >= 4 is 34.0 Å². The average molecular weight is 356 g/mol. The highest BCUT2D eigenvalue weighted by Gasteiger charge is 2.13. The number of fused-ring (bicyclic) bond motifs is 1. The normalized spacial score (nSPS) is 10.5. The van der Waals surface area contributed by atoms with Crippen molar-refractivity contribution < 1.29 is 14.3 Å². The SMILES string of the molecule is COc1cc(OC)c(NC(=O)Cc2cccc3ccccc23)cc1Cl. The number of carbonyl (C=O) groups excluding carboxylic acids is 1. The minimum absolute atomic E-state index is 0.143. The van der Waals surface area contributed by atoms with Gasteiger partial charge in [-0.05, 0) is 22.4 Å². The van der Waals surface area contributed by atoms with Crippen LogP contribution in [0.15, 0.2) is 54.6 Å². The number of halogens is 1. The van der Waals surface area contributed by atoms with E-state index >= 15 is 0 Å². The molecule has 0 saturated heterocycles. The van der Waals surface area contributed by atoms with Gasteiger partial charge in [-0.1, -0.05) is 54.1 Å². The zero-order chi connectivity index (χ0) is 17.8. The molecule has 0 aliphatic heterocycles. The lowest BCUT2D eigenvalue weighted by molar-refractivity contribution is -0.115. The maximum atomic E-state index is 12.5. The molecule has 0 spiro atoms.